The van der Waals surface area contributed by atoms with Gasteiger partial charge in [0.15, 0.2) is 5.78 Å². The second-order valence-electron chi connectivity index (χ2n) is 8.11. The number of Topliss-reactive ketones (excluding diaryl/α,β-unsaturated/α-hetero) is 1. The van der Waals surface area contributed by atoms with Crippen LogP contribution in [0.1, 0.15) is 21.6 Å². The third-order valence-corrected chi connectivity index (χ3v) is 6.87. The zero-order valence-electron chi connectivity index (χ0n) is 18.0. The van der Waals surface area contributed by atoms with Gasteiger partial charge in [-0.2, -0.15) is 0 Å². The summed E-state index contributed by atoms with van der Waals surface area (Å²) >= 11 is 3.29. The van der Waals surface area contributed by atoms with Gasteiger partial charge in [-0.1, -0.05) is 34.1 Å². The molecule has 1 atom stereocenters. The van der Waals surface area contributed by atoms with Crippen LogP contribution in [0.5, 0.6) is 5.75 Å². The molecule has 0 fully saturated rings. The number of benzene rings is 2. The number of aromatic hydroxyl groups is 1. The van der Waals surface area contributed by atoms with Crippen molar-refractivity contribution < 1.29 is 29.3 Å². The molecule has 0 saturated heterocycles. The molecule has 2 aliphatic heterocycles. The number of phenols is 1. The number of halogens is 1. The van der Waals surface area contributed by atoms with Crippen molar-refractivity contribution in [1.29, 1.82) is 0 Å². The van der Waals surface area contributed by atoms with Crippen molar-refractivity contribution in [1.82, 2.24) is 9.88 Å². The van der Waals surface area contributed by atoms with Gasteiger partial charge in [0.1, 0.15) is 5.75 Å². The number of para-hydroxylation sites is 1. The van der Waals surface area contributed by atoms with E-state index in [1.54, 1.807) is 6.07 Å². The normalized spacial score (nSPS) is 19.1. The lowest BCUT2D eigenvalue weighted by atomic mass is 9.75. The van der Waals surface area contributed by atoms with Crippen LogP contribution >= 0.6 is 15.9 Å². The number of rotatable bonds is 4. The summed E-state index contributed by atoms with van der Waals surface area (Å²) in [4.78, 5) is 44.0. The molecule has 9 heteroatoms. The molecule has 3 N–H and O–H groups in total. The van der Waals surface area contributed by atoms with Gasteiger partial charge in [-0.05, 0) is 42.3 Å². The molecule has 0 radical (unpaired) electrons. The summed E-state index contributed by atoms with van der Waals surface area (Å²) in [6, 6.07) is 11.9. The predicted octanol–water partition coefficient (Wildman–Crippen LogP) is 3.65. The number of H-pyrrole nitrogens is 1. The molecule has 2 aromatic carbocycles. The third kappa shape index (κ3) is 3.00. The first-order chi connectivity index (χ1) is 16.3. The number of ether oxygens (including phenoxy) is 1. The Kier molecular flexibility index (Phi) is 5.09. The monoisotopic (exact) mass is 522 g/mol. The van der Waals surface area contributed by atoms with Crippen LogP contribution in [-0.4, -0.2) is 51.5 Å². The molecule has 34 heavy (non-hydrogen) atoms. The van der Waals surface area contributed by atoms with Gasteiger partial charge in [-0.3, -0.25) is 4.79 Å². The molecular formula is C25H19BrN2O6. The number of nitrogens with zero attached hydrogens (tertiary/aromatic N) is 1. The molecule has 0 amide bonds. The number of carbonyl (C=O) groups is 3. The summed E-state index contributed by atoms with van der Waals surface area (Å²) in [5.41, 5.74) is -0.103. The molecule has 0 aliphatic carbocycles. The Morgan fingerprint density at radius 2 is 1.94 bits per heavy atom. The lowest BCUT2D eigenvalue weighted by Crippen LogP contribution is -2.57. The van der Waals surface area contributed by atoms with E-state index in [2.05, 4.69) is 20.9 Å². The molecular weight excluding hydrogens is 504 g/mol. The summed E-state index contributed by atoms with van der Waals surface area (Å²) in [7, 11) is 1.16. The highest BCUT2D eigenvalue weighted by Crippen LogP contribution is 2.47. The number of allylic oxidation sites excluding steroid dienone is 2. The topological polar surface area (TPSA) is 120 Å². The number of methoxy groups -OCH3 is 1. The van der Waals surface area contributed by atoms with Crippen molar-refractivity contribution >= 4 is 44.6 Å². The standard InChI is InChI=1S/C25H19BrN2O6/c1-34-23(31)18-10-13(21(30)17-11-14(26)6-7-20(17)29)12-28-9-8-16-15-4-2-3-5-19(15)27-22(16)25(18,28)24(32)33/h2-7,10-12,27,29H,8-9H2,1H3,(H,32,33). The molecule has 0 bridgehead atoms. The number of esters is 1. The van der Waals surface area contributed by atoms with Crippen LogP contribution in [0.4, 0.5) is 0 Å². The van der Waals surface area contributed by atoms with Crippen molar-refractivity contribution in [2.24, 2.45) is 0 Å². The maximum absolute atomic E-state index is 13.3. The van der Waals surface area contributed by atoms with Gasteiger partial charge < -0.3 is 24.8 Å². The Labute approximate surface area is 202 Å². The number of aromatic amines is 1. The van der Waals surface area contributed by atoms with Crippen molar-refractivity contribution in [3.63, 3.8) is 0 Å². The van der Waals surface area contributed by atoms with E-state index in [1.807, 2.05) is 24.3 Å². The SMILES string of the molecule is COC(=O)C1=CC(C(=O)c2cc(Br)ccc2O)=CN2CCc3c([nH]c4ccccc34)C12C(=O)O. The van der Waals surface area contributed by atoms with Gasteiger partial charge in [0, 0.05) is 33.7 Å². The molecule has 0 spiro atoms. The Morgan fingerprint density at radius 3 is 2.68 bits per heavy atom. The highest BCUT2D eigenvalue weighted by atomic mass is 79.9. The third-order valence-electron chi connectivity index (χ3n) is 6.37. The van der Waals surface area contributed by atoms with Crippen LogP contribution in [-0.2, 0) is 26.3 Å². The van der Waals surface area contributed by atoms with Crippen LogP contribution in [0.2, 0.25) is 0 Å². The minimum absolute atomic E-state index is 0.0206. The van der Waals surface area contributed by atoms with E-state index in [1.165, 1.54) is 29.3 Å². The summed E-state index contributed by atoms with van der Waals surface area (Å²) in [6.07, 6.45) is 3.19. The molecule has 3 heterocycles. The number of aliphatic carboxylic acids is 1. The number of carboxylic acid groups (broad SMARTS) is 1. The van der Waals surface area contributed by atoms with E-state index in [0.29, 0.717) is 16.6 Å². The number of aromatic nitrogens is 1. The fourth-order valence-electron chi connectivity index (χ4n) is 4.86. The first kappa shape index (κ1) is 22.0. The number of carbonyl (C=O) groups excluding carboxylic acids is 2. The zero-order chi connectivity index (χ0) is 24.2. The van der Waals surface area contributed by atoms with E-state index in [0.717, 1.165) is 23.6 Å². The lowest BCUT2D eigenvalue weighted by molar-refractivity contribution is -0.153. The maximum Gasteiger partial charge on any atom is 0.340 e. The molecule has 8 nitrogen and oxygen atoms in total. The van der Waals surface area contributed by atoms with Gasteiger partial charge in [-0.15, -0.1) is 0 Å². The second kappa shape index (κ2) is 7.88. The summed E-state index contributed by atoms with van der Waals surface area (Å²) in [5.74, 6) is -2.92. The van der Waals surface area contributed by atoms with Gasteiger partial charge in [0.25, 0.3) is 0 Å². The highest BCUT2D eigenvalue weighted by Gasteiger charge is 2.57. The van der Waals surface area contributed by atoms with E-state index < -0.39 is 23.3 Å². The van der Waals surface area contributed by atoms with Gasteiger partial charge >= 0.3 is 11.9 Å². The number of fused-ring (bicyclic) bond motifs is 5. The van der Waals surface area contributed by atoms with Crippen LogP contribution in [0, 0.1) is 0 Å². The Bertz CT molecular complexity index is 1450. The molecule has 1 unspecified atom stereocenters. The van der Waals surface area contributed by atoms with Crippen LogP contribution in [0.3, 0.4) is 0 Å². The number of hydrogen-bond donors (Lipinski definition) is 3. The first-order valence-electron chi connectivity index (χ1n) is 10.4. The van der Waals surface area contributed by atoms with Crippen molar-refractivity contribution in [2.75, 3.05) is 13.7 Å². The fraction of sp³-hybridized carbons (Fsp3) is 0.160. The lowest BCUT2D eigenvalue weighted by Gasteiger charge is -2.46. The van der Waals surface area contributed by atoms with Crippen LogP contribution in [0.15, 0.2) is 70.4 Å². The van der Waals surface area contributed by atoms with Crippen LogP contribution in [0.25, 0.3) is 10.9 Å². The average Bonchev–Trinajstić information content (AvgIpc) is 3.22. The van der Waals surface area contributed by atoms with E-state index in [4.69, 9.17) is 4.74 Å². The van der Waals surface area contributed by atoms with Crippen LogP contribution < -0.4 is 0 Å². The smallest absolute Gasteiger partial charge is 0.340 e. The predicted molar refractivity (Wildman–Crippen MR) is 126 cm³/mol. The Morgan fingerprint density at radius 1 is 1.18 bits per heavy atom. The molecule has 3 aromatic rings. The van der Waals surface area contributed by atoms with Gasteiger partial charge in [-0.25, -0.2) is 9.59 Å². The minimum atomic E-state index is -1.90. The maximum atomic E-state index is 13.3. The van der Waals surface area contributed by atoms with Crippen molar-refractivity contribution in [3.8, 4) is 5.75 Å². The minimum Gasteiger partial charge on any atom is -0.507 e. The number of nitrogens with one attached hydrogen (secondary N) is 1. The molecule has 0 saturated carbocycles. The van der Waals surface area contributed by atoms with Gasteiger partial charge in [0.2, 0.25) is 5.54 Å². The summed E-state index contributed by atoms with van der Waals surface area (Å²) < 4.78 is 5.56. The number of carboxylic acids is 1. The van der Waals surface area contributed by atoms with E-state index >= 15 is 0 Å². The second-order valence-corrected chi connectivity index (χ2v) is 9.02. The summed E-state index contributed by atoms with van der Waals surface area (Å²) in [5, 5.41) is 21.7. The molecule has 1 aromatic heterocycles. The molecule has 2 aliphatic rings. The fourth-order valence-corrected chi connectivity index (χ4v) is 5.22. The van der Waals surface area contributed by atoms with Crippen molar-refractivity contribution in [3.05, 3.63) is 87.2 Å². The first-order valence-corrected chi connectivity index (χ1v) is 11.2. The Balaban J connectivity index is 1.75. The average molecular weight is 523 g/mol. The number of phenolic OH excluding ortho intramolecular Hbond substituents is 1. The van der Waals surface area contributed by atoms with Gasteiger partial charge in [0.05, 0.1) is 23.9 Å². The summed E-state index contributed by atoms with van der Waals surface area (Å²) in [6.45, 7) is 0.247. The van der Waals surface area contributed by atoms with E-state index in [-0.39, 0.29) is 29.0 Å². The molecule has 172 valence electrons. The Hall–Kier alpha value is -3.85. The number of hydrogen-bond acceptors (Lipinski definition) is 6. The highest BCUT2D eigenvalue weighted by molar-refractivity contribution is 9.10. The van der Waals surface area contributed by atoms with Crippen molar-refractivity contribution in [2.45, 2.75) is 12.0 Å². The number of ketones is 1. The molecule has 5 rings (SSSR count). The quantitative estimate of drug-likeness (QED) is 0.353. The largest absolute Gasteiger partial charge is 0.507 e. The zero-order valence-corrected chi connectivity index (χ0v) is 19.5. The van der Waals surface area contributed by atoms with E-state index in [9.17, 15) is 24.6 Å².